The molecule has 2 rings (SSSR count). The minimum Gasteiger partial charge on any atom is -0.392 e. The van der Waals surface area contributed by atoms with Crippen molar-refractivity contribution in [2.75, 3.05) is 0 Å². The third kappa shape index (κ3) is 2.67. The van der Waals surface area contributed by atoms with E-state index in [0.29, 0.717) is 6.42 Å². The van der Waals surface area contributed by atoms with Crippen molar-refractivity contribution in [2.24, 2.45) is 5.41 Å². The molecule has 0 saturated carbocycles. The van der Waals surface area contributed by atoms with Gasteiger partial charge in [-0.15, -0.1) is 11.3 Å². The molecular formula is C14H19NOS. The summed E-state index contributed by atoms with van der Waals surface area (Å²) in [4.78, 5) is 4.56. The smallest absolute Gasteiger partial charge is 0.0964 e. The Morgan fingerprint density at radius 2 is 2.06 bits per heavy atom. The lowest BCUT2D eigenvalue weighted by molar-refractivity contribution is 0.0479. The lowest BCUT2D eigenvalue weighted by Crippen LogP contribution is -2.30. The third-order valence-corrected chi connectivity index (χ3v) is 4.58. The first-order valence-electron chi connectivity index (χ1n) is 6.05. The number of rotatable bonds is 4. The van der Waals surface area contributed by atoms with Crippen LogP contribution in [0.15, 0.2) is 24.3 Å². The highest BCUT2D eigenvalue weighted by molar-refractivity contribution is 7.18. The molecule has 0 aliphatic rings. The first-order valence-corrected chi connectivity index (χ1v) is 6.87. The monoisotopic (exact) mass is 249 g/mol. The SMILES string of the molecule is CCC(C)(C)C(O)Cc1nc2ccccc2s1. The highest BCUT2D eigenvalue weighted by Gasteiger charge is 2.26. The molecule has 0 aliphatic carbocycles. The average Bonchev–Trinajstić information content (AvgIpc) is 2.70. The van der Waals surface area contributed by atoms with E-state index in [4.69, 9.17) is 0 Å². The van der Waals surface area contributed by atoms with Crippen molar-refractivity contribution in [3.63, 3.8) is 0 Å². The molecule has 3 heteroatoms. The summed E-state index contributed by atoms with van der Waals surface area (Å²) in [5.41, 5.74) is 0.992. The van der Waals surface area contributed by atoms with Crippen molar-refractivity contribution >= 4 is 21.6 Å². The van der Waals surface area contributed by atoms with Crippen molar-refractivity contribution < 1.29 is 5.11 Å². The van der Waals surface area contributed by atoms with Crippen molar-refractivity contribution in [3.05, 3.63) is 29.3 Å². The second-order valence-corrected chi connectivity index (χ2v) is 6.25. The summed E-state index contributed by atoms with van der Waals surface area (Å²) in [5.74, 6) is 0. The van der Waals surface area contributed by atoms with Crippen LogP contribution in [-0.4, -0.2) is 16.2 Å². The molecule has 1 aromatic carbocycles. The largest absolute Gasteiger partial charge is 0.392 e. The van der Waals surface area contributed by atoms with E-state index in [1.807, 2.05) is 18.2 Å². The van der Waals surface area contributed by atoms with E-state index in [0.717, 1.165) is 16.9 Å². The number of benzene rings is 1. The molecule has 0 bridgehead atoms. The van der Waals surface area contributed by atoms with Crippen LogP contribution in [0, 0.1) is 5.41 Å². The van der Waals surface area contributed by atoms with Gasteiger partial charge in [0.1, 0.15) is 0 Å². The second kappa shape index (κ2) is 4.75. The van der Waals surface area contributed by atoms with Crippen LogP contribution in [0.25, 0.3) is 10.2 Å². The number of aromatic nitrogens is 1. The van der Waals surface area contributed by atoms with Gasteiger partial charge in [0.25, 0.3) is 0 Å². The molecule has 2 aromatic rings. The molecule has 1 heterocycles. The molecule has 0 radical (unpaired) electrons. The maximum Gasteiger partial charge on any atom is 0.0964 e. The van der Waals surface area contributed by atoms with E-state index in [-0.39, 0.29) is 11.5 Å². The normalized spacial score (nSPS) is 14.1. The van der Waals surface area contributed by atoms with Gasteiger partial charge in [0.05, 0.1) is 21.3 Å². The van der Waals surface area contributed by atoms with Crippen LogP contribution in [0.5, 0.6) is 0 Å². The molecule has 2 nitrogen and oxygen atoms in total. The zero-order valence-electron chi connectivity index (χ0n) is 10.6. The molecule has 1 aromatic heterocycles. The zero-order valence-corrected chi connectivity index (χ0v) is 11.4. The molecule has 1 N–H and O–H groups in total. The molecule has 0 fully saturated rings. The van der Waals surface area contributed by atoms with Gasteiger partial charge >= 0.3 is 0 Å². The summed E-state index contributed by atoms with van der Waals surface area (Å²) in [6.45, 7) is 6.32. The molecule has 1 unspecified atom stereocenters. The average molecular weight is 249 g/mol. The predicted octanol–water partition coefficient (Wildman–Crippen LogP) is 3.64. The van der Waals surface area contributed by atoms with Gasteiger partial charge in [-0.05, 0) is 24.0 Å². The number of thiazole rings is 1. The number of para-hydroxylation sites is 1. The highest BCUT2D eigenvalue weighted by Crippen LogP contribution is 2.29. The minimum atomic E-state index is -0.326. The standard InChI is InChI=1S/C14H19NOS/c1-4-14(2,3)12(16)9-13-15-10-7-5-6-8-11(10)17-13/h5-8,12,16H,4,9H2,1-3H3. The molecule has 0 aliphatic heterocycles. The van der Waals surface area contributed by atoms with E-state index in [1.54, 1.807) is 11.3 Å². The number of aliphatic hydroxyl groups is 1. The maximum absolute atomic E-state index is 10.2. The number of hydrogen-bond donors (Lipinski definition) is 1. The van der Waals surface area contributed by atoms with Crippen LogP contribution in [0.4, 0.5) is 0 Å². The van der Waals surface area contributed by atoms with Crippen LogP contribution in [-0.2, 0) is 6.42 Å². The van der Waals surface area contributed by atoms with E-state index in [9.17, 15) is 5.11 Å². The summed E-state index contributed by atoms with van der Waals surface area (Å²) in [5, 5.41) is 11.3. The lowest BCUT2D eigenvalue weighted by atomic mass is 9.82. The van der Waals surface area contributed by atoms with Crippen LogP contribution in [0.1, 0.15) is 32.2 Å². The van der Waals surface area contributed by atoms with Gasteiger partial charge in [-0.25, -0.2) is 4.98 Å². The second-order valence-electron chi connectivity index (χ2n) is 5.14. The fourth-order valence-electron chi connectivity index (χ4n) is 1.68. The van der Waals surface area contributed by atoms with Crippen molar-refractivity contribution in [1.82, 2.24) is 4.98 Å². The van der Waals surface area contributed by atoms with Crippen LogP contribution >= 0.6 is 11.3 Å². The highest BCUT2D eigenvalue weighted by atomic mass is 32.1. The summed E-state index contributed by atoms with van der Waals surface area (Å²) >= 11 is 1.68. The first-order chi connectivity index (χ1) is 8.03. The van der Waals surface area contributed by atoms with Gasteiger partial charge in [-0.3, -0.25) is 0 Å². The zero-order chi connectivity index (χ0) is 12.5. The van der Waals surface area contributed by atoms with E-state index in [2.05, 4.69) is 31.8 Å². The van der Waals surface area contributed by atoms with Crippen LogP contribution in [0.3, 0.4) is 0 Å². The Balaban J connectivity index is 2.18. The molecule has 92 valence electrons. The number of aliphatic hydroxyl groups excluding tert-OH is 1. The topological polar surface area (TPSA) is 33.1 Å². The van der Waals surface area contributed by atoms with Gasteiger partial charge in [-0.1, -0.05) is 32.9 Å². The first kappa shape index (κ1) is 12.5. The van der Waals surface area contributed by atoms with Crippen molar-refractivity contribution in [3.8, 4) is 0 Å². The minimum absolute atomic E-state index is 0.0438. The summed E-state index contributed by atoms with van der Waals surface area (Å²) in [7, 11) is 0. The fraction of sp³-hybridized carbons (Fsp3) is 0.500. The molecule has 0 saturated heterocycles. The van der Waals surface area contributed by atoms with Crippen molar-refractivity contribution in [1.29, 1.82) is 0 Å². The summed E-state index contributed by atoms with van der Waals surface area (Å²) < 4.78 is 1.20. The number of hydrogen-bond acceptors (Lipinski definition) is 3. The Hall–Kier alpha value is -0.930. The number of fused-ring (bicyclic) bond motifs is 1. The van der Waals surface area contributed by atoms with Crippen molar-refractivity contribution in [2.45, 2.75) is 39.7 Å². The summed E-state index contributed by atoms with van der Waals surface area (Å²) in [6.07, 6.45) is 1.30. The molecular weight excluding hydrogens is 230 g/mol. The Morgan fingerprint density at radius 1 is 1.35 bits per heavy atom. The van der Waals surface area contributed by atoms with Gasteiger partial charge in [0, 0.05) is 6.42 Å². The van der Waals surface area contributed by atoms with Gasteiger partial charge in [-0.2, -0.15) is 0 Å². The molecule has 0 spiro atoms. The van der Waals surface area contributed by atoms with E-state index < -0.39 is 0 Å². The predicted molar refractivity (Wildman–Crippen MR) is 73.4 cm³/mol. The van der Waals surface area contributed by atoms with Crippen LogP contribution in [0.2, 0.25) is 0 Å². The fourth-order valence-corrected chi connectivity index (χ4v) is 2.69. The molecule has 1 atom stereocenters. The van der Waals surface area contributed by atoms with Gasteiger partial charge < -0.3 is 5.11 Å². The molecule has 17 heavy (non-hydrogen) atoms. The molecule has 0 amide bonds. The summed E-state index contributed by atoms with van der Waals surface area (Å²) in [6, 6.07) is 8.12. The quantitative estimate of drug-likeness (QED) is 0.897. The van der Waals surface area contributed by atoms with Gasteiger partial charge in [0.2, 0.25) is 0 Å². The number of nitrogens with zero attached hydrogens (tertiary/aromatic N) is 1. The Labute approximate surface area is 106 Å². The Kier molecular flexibility index (Phi) is 3.50. The van der Waals surface area contributed by atoms with Gasteiger partial charge in [0.15, 0.2) is 0 Å². The maximum atomic E-state index is 10.2. The lowest BCUT2D eigenvalue weighted by Gasteiger charge is -2.28. The Morgan fingerprint density at radius 3 is 2.71 bits per heavy atom. The third-order valence-electron chi connectivity index (χ3n) is 3.52. The Bertz CT molecular complexity index is 471. The van der Waals surface area contributed by atoms with Crippen LogP contribution < -0.4 is 0 Å². The van der Waals surface area contributed by atoms with E-state index in [1.165, 1.54) is 4.70 Å². The van der Waals surface area contributed by atoms with E-state index >= 15 is 0 Å².